The summed E-state index contributed by atoms with van der Waals surface area (Å²) in [7, 11) is -12.6. The van der Waals surface area contributed by atoms with E-state index in [1.54, 1.807) is 0 Å². The molecular formula is C43H48N6O3Si5. The third-order valence-electron chi connectivity index (χ3n) is 12.1. The highest BCUT2D eigenvalue weighted by atomic mass is 28.4. The molecule has 23 rings (SSSR count). The Balaban J connectivity index is 1.32. The first kappa shape index (κ1) is 36.9. The van der Waals surface area contributed by atoms with Gasteiger partial charge in [-0.05, 0) is 135 Å². The molecule has 0 saturated carbocycles. The van der Waals surface area contributed by atoms with E-state index >= 15 is 0 Å². The quantitative estimate of drug-likeness (QED) is 0.156. The van der Waals surface area contributed by atoms with Gasteiger partial charge in [-0.3, -0.25) is 0 Å². The highest BCUT2D eigenvalue weighted by molar-refractivity contribution is 6.97. The molecule has 9 nitrogen and oxygen atoms in total. The molecule has 0 spiro atoms. The molecule has 15 aliphatic heterocycles. The Morgan fingerprint density at radius 3 is 1.35 bits per heavy atom. The molecule has 0 fully saturated rings. The molecule has 0 unspecified atom stereocenters. The lowest BCUT2D eigenvalue weighted by atomic mass is 10.2. The summed E-state index contributed by atoms with van der Waals surface area (Å²) < 4.78 is 26.2. The smallest absolute Gasteiger partial charge is 0.250 e. The van der Waals surface area contributed by atoms with Crippen molar-refractivity contribution in [1.29, 1.82) is 0 Å². The predicted molar refractivity (Wildman–Crippen MR) is 245 cm³/mol. The Hall–Kier alpha value is -4.40. The van der Waals surface area contributed by atoms with Crippen LogP contribution in [0, 0.1) is 0 Å². The first-order valence-electron chi connectivity index (χ1n) is 19.8. The summed E-state index contributed by atoms with van der Waals surface area (Å²) in [4.78, 5) is 21.1. The standard InChI is InChI=1S/C43H48N6O3Si5/c1-53(2)31-17-15-30(16-18-31)49-37-22-20-33-24-35(37)41-39(49)26-45-43(47-41)57(9,10)52-56(7,8)42-44-25-38-40(46-42)34-23-32(54(3,4)51-55(33,5)6)19-21-36(34)48(38)29-13-11-28(12-14-29)27-50-53/h11-26H,27H2,1-10H3. The average Bonchev–Trinajstić information content (AvgIpc) is 3.67. The molecule has 57 heavy (non-hydrogen) atoms. The van der Waals surface area contributed by atoms with E-state index in [2.05, 4.69) is 160 Å². The van der Waals surface area contributed by atoms with Crippen molar-refractivity contribution in [1.82, 2.24) is 29.1 Å². The van der Waals surface area contributed by atoms with E-state index < -0.39 is 41.6 Å². The van der Waals surface area contributed by atoms with E-state index in [9.17, 15) is 0 Å². The molecule has 288 valence electrons. The highest BCUT2D eigenvalue weighted by Gasteiger charge is 2.42. The molecule has 0 aliphatic carbocycles. The fourth-order valence-electron chi connectivity index (χ4n) is 9.05. The van der Waals surface area contributed by atoms with Gasteiger partial charge in [0.05, 0.1) is 52.1 Å². The molecule has 19 heterocycles. The maximum Gasteiger partial charge on any atom is 0.250 e. The number of hydrogen-bond donors (Lipinski definition) is 0. The van der Waals surface area contributed by atoms with Crippen LogP contribution in [0.5, 0.6) is 0 Å². The molecule has 0 atom stereocenters. The largest absolute Gasteiger partial charge is 0.449 e. The van der Waals surface area contributed by atoms with Gasteiger partial charge in [-0.15, -0.1) is 0 Å². The Morgan fingerprint density at radius 1 is 0.456 bits per heavy atom. The van der Waals surface area contributed by atoms with Gasteiger partial charge >= 0.3 is 0 Å². The molecular weight excluding hydrogens is 789 g/mol. The van der Waals surface area contributed by atoms with Crippen molar-refractivity contribution in [2.75, 3.05) is 0 Å². The van der Waals surface area contributed by atoms with Crippen LogP contribution in [0.2, 0.25) is 65.5 Å². The van der Waals surface area contributed by atoms with Crippen molar-refractivity contribution < 1.29 is 12.7 Å². The van der Waals surface area contributed by atoms with Gasteiger partial charge in [-0.1, -0.05) is 36.4 Å². The molecule has 15 aliphatic rings. The maximum atomic E-state index is 7.50. The lowest BCUT2D eigenvalue weighted by Gasteiger charge is -2.34. The van der Waals surface area contributed by atoms with Crippen molar-refractivity contribution in [2.45, 2.75) is 72.1 Å². The maximum absolute atomic E-state index is 7.50. The van der Waals surface area contributed by atoms with Crippen LogP contribution in [0.1, 0.15) is 5.56 Å². The minimum absolute atomic E-state index is 0.540. The highest BCUT2D eigenvalue weighted by Crippen LogP contribution is 2.34. The van der Waals surface area contributed by atoms with Gasteiger partial charge in [0.25, 0.3) is 0 Å². The zero-order valence-corrected chi connectivity index (χ0v) is 39.4. The number of aromatic nitrogens is 6. The number of nitrogens with zero attached hydrogens (tertiary/aromatic N) is 6. The molecule has 0 N–H and O–H groups in total. The summed E-state index contributed by atoms with van der Waals surface area (Å²) in [5.41, 5.74) is 10.8. The Kier molecular flexibility index (Phi) is 7.97. The summed E-state index contributed by atoms with van der Waals surface area (Å²) in [6.07, 6.45) is 4.01. The lowest BCUT2D eigenvalue weighted by Crippen LogP contribution is -2.60. The lowest BCUT2D eigenvalue weighted by molar-refractivity contribution is 0.304. The van der Waals surface area contributed by atoms with Gasteiger partial charge in [-0.2, -0.15) is 0 Å². The van der Waals surface area contributed by atoms with E-state index in [1.165, 1.54) is 15.6 Å². The molecule has 4 aromatic carbocycles. The van der Waals surface area contributed by atoms with Crippen molar-refractivity contribution in [3.63, 3.8) is 0 Å². The van der Waals surface area contributed by atoms with Crippen LogP contribution in [0.4, 0.5) is 0 Å². The van der Waals surface area contributed by atoms with Crippen molar-refractivity contribution in [2.24, 2.45) is 0 Å². The minimum atomic E-state index is -2.71. The van der Waals surface area contributed by atoms with Crippen LogP contribution in [0.3, 0.4) is 0 Å². The van der Waals surface area contributed by atoms with Gasteiger partial charge < -0.3 is 21.8 Å². The summed E-state index contributed by atoms with van der Waals surface area (Å²) in [5, 5.41) is 5.92. The fourth-order valence-corrected chi connectivity index (χ4v) is 26.1. The van der Waals surface area contributed by atoms with Gasteiger partial charge in [-0.25, -0.2) is 19.9 Å². The fraction of sp³-hybridized carbons (Fsp3) is 0.256. The molecule has 0 radical (unpaired) electrons. The molecule has 14 heteroatoms. The van der Waals surface area contributed by atoms with Gasteiger partial charge in [0.2, 0.25) is 41.6 Å². The third-order valence-corrected chi connectivity index (χ3v) is 28.9. The van der Waals surface area contributed by atoms with Gasteiger partial charge in [0.1, 0.15) is 10.9 Å². The predicted octanol–water partition coefficient (Wildman–Crippen LogP) is 6.80. The van der Waals surface area contributed by atoms with Crippen molar-refractivity contribution in [3.05, 3.63) is 103 Å². The van der Waals surface area contributed by atoms with Crippen LogP contribution in [0.15, 0.2) is 97.3 Å². The zero-order chi connectivity index (χ0) is 39.9. The molecule has 0 amide bonds. The molecule has 18 bridgehead atoms. The Morgan fingerprint density at radius 2 is 0.877 bits per heavy atom. The van der Waals surface area contributed by atoms with Crippen LogP contribution >= 0.6 is 0 Å². The van der Waals surface area contributed by atoms with Gasteiger partial charge in [0.15, 0.2) is 0 Å². The number of benzene rings is 4. The second kappa shape index (κ2) is 12.3. The number of rotatable bonds is 0. The average molecular weight is 837 g/mol. The van der Waals surface area contributed by atoms with Crippen molar-refractivity contribution in [3.8, 4) is 11.4 Å². The Labute approximate surface area is 338 Å². The van der Waals surface area contributed by atoms with Gasteiger partial charge in [0, 0.05) is 22.1 Å². The van der Waals surface area contributed by atoms with E-state index in [0.717, 1.165) is 71.7 Å². The second-order valence-electron chi connectivity index (χ2n) is 18.2. The monoisotopic (exact) mass is 836 g/mol. The summed E-state index contributed by atoms with van der Waals surface area (Å²) in [6.45, 7) is 23.3. The topological polar surface area (TPSA) is 89.1 Å². The third kappa shape index (κ3) is 5.83. The Bertz CT molecular complexity index is 2810. The summed E-state index contributed by atoms with van der Waals surface area (Å²) in [5.74, 6) is 0. The van der Waals surface area contributed by atoms with Crippen LogP contribution in [-0.2, 0) is 19.3 Å². The zero-order valence-electron chi connectivity index (χ0n) is 34.4. The first-order chi connectivity index (χ1) is 26.9. The summed E-state index contributed by atoms with van der Waals surface area (Å²) >= 11 is 0. The molecule has 8 aromatic rings. The minimum Gasteiger partial charge on any atom is -0.449 e. The molecule has 4 aromatic heterocycles. The van der Waals surface area contributed by atoms with E-state index in [0.29, 0.717) is 6.61 Å². The number of hydrogen-bond acceptors (Lipinski definition) is 7. The SMILES string of the molecule is C[Si]1(C)OCc2ccc(cc2)-n2c3ccc4cc3c3nc(ncc32)[Si](C)(C)O[Si](C)(C)c2ncc3c(n2)c2cc(ccc2n3-c2ccc1cc2)[Si](C)(C)O[Si]4(C)C. The molecule has 0 saturated heterocycles. The van der Waals surface area contributed by atoms with E-state index in [1.807, 2.05) is 12.4 Å². The van der Waals surface area contributed by atoms with Crippen LogP contribution < -0.4 is 26.5 Å². The van der Waals surface area contributed by atoms with E-state index in [4.69, 9.17) is 32.6 Å². The van der Waals surface area contributed by atoms with Crippen LogP contribution in [-0.4, -0.2) is 70.7 Å². The summed E-state index contributed by atoms with van der Waals surface area (Å²) in [6, 6.07) is 31.5. The second-order valence-corrected chi connectivity index (χ2v) is 37.9. The first-order valence-corrected chi connectivity index (χ1v) is 34.3. The normalized spacial score (nSPS) is 19.1. The van der Waals surface area contributed by atoms with Crippen LogP contribution in [0.25, 0.3) is 55.2 Å². The van der Waals surface area contributed by atoms with E-state index in [-0.39, 0.29) is 0 Å². The van der Waals surface area contributed by atoms with Crippen molar-refractivity contribution >= 4 is 112 Å².